The van der Waals surface area contributed by atoms with Crippen LogP contribution in [0.15, 0.2) is 12.1 Å². The molecule has 0 fully saturated rings. The van der Waals surface area contributed by atoms with Crippen molar-refractivity contribution in [2.45, 2.75) is 34.1 Å². The summed E-state index contributed by atoms with van der Waals surface area (Å²) in [6.45, 7) is 8.23. The molecule has 15 heavy (non-hydrogen) atoms. The SMILES string of the molecule is CCOc1cc(C)c(C(C)=O)cc1CC. The summed E-state index contributed by atoms with van der Waals surface area (Å²) in [6.07, 6.45) is 0.885. The molecule has 0 amide bonds. The van der Waals surface area contributed by atoms with Crippen LogP contribution in [-0.2, 0) is 6.42 Å². The second-order valence-corrected chi connectivity index (χ2v) is 3.62. The number of ketones is 1. The van der Waals surface area contributed by atoms with E-state index in [9.17, 15) is 4.79 Å². The average molecular weight is 206 g/mol. The lowest BCUT2D eigenvalue weighted by Crippen LogP contribution is -2.02. The Bertz CT molecular complexity index is 367. The van der Waals surface area contributed by atoms with Crippen LogP contribution in [0.2, 0.25) is 0 Å². The largest absolute Gasteiger partial charge is 0.494 e. The van der Waals surface area contributed by atoms with Crippen molar-refractivity contribution >= 4 is 5.78 Å². The van der Waals surface area contributed by atoms with Crippen LogP contribution in [0.1, 0.15) is 42.3 Å². The molecule has 0 atom stereocenters. The van der Waals surface area contributed by atoms with E-state index in [0.717, 1.165) is 28.9 Å². The number of Topliss-reactive ketones (excluding diaryl/α,β-unsaturated/α-hetero) is 1. The zero-order chi connectivity index (χ0) is 11.4. The number of benzene rings is 1. The molecule has 0 aliphatic carbocycles. The first-order chi connectivity index (χ1) is 7.10. The van der Waals surface area contributed by atoms with Crippen LogP contribution in [0.25, 0.3) is 0 Å². The van der Waals surface area contributed by atoms with E-state index in [0.29, 0.717) is 6.61 Å². The van der Waals surface area contributed by atoms with Crippen molar-refractivity contribution in [2.24, 2.45) is 0 Å². The van der Waals surface area contributed by atoms with Gasteiger partial charge in [-0.15, -0.1) is 0 Å². The Kier molecular flexibility index (Phi) is 3.89. The van der Waals surface area contributed by atoms with Gasteiger partial charge in [-0.3, -0.25) is 4.79 Å². The molecule has 2 nitrogen and oxygen atoms in total. The molecule has 2 heteroatoms. The highest BCUT2D eigenvalue weighted by molar-refractivity contribution is 5.95. The monoisotopic (exact) mass is 206 g/mol. The molecule has 0 aliphatic rings. The van der Waals surface area contributed by atoms with E-state index in [4.69, 9.17) is 4.74 Å². The Hall–Kier alpha value is -1.31. The first kappa shape index (κ1) is 11.8. The second kappa shape index (κ2) is 4.96. The Morgan fingerprint density at radius 1 is 1.33 bits per heavy atom. The molecular formula is C13H18O2. The van der Waals surface area contributed by atoms with Gasteiger partial charge in [-0.2, -0.15) is 0 Å². The maximum absolute atomic E-state index is 11.4. The third kappa shape index (κ3) is 2.58. The maximum Gasteiger partial charge on any atom is 0.160 e. The minimum atomic E-state index is 0.116. The Morgan fingerprint density at radius 3 is 2.47 bits per heavy atom. The maximum atomic E-state index is 11.4. The van der Waals surface area contributed by atoms with Crippen molar-refractivity contribution < 1.29 is 9.53 Å². The quantitative estimate of drug-likeness (QED) is 0.707. The highest BCUT2D eigenvalue weighted by atomic mass is 16.5. The van der Waals surface area contributed by atoms with Gasteiger partial charge in [-0.1, -0.05) is 6.92 Å². The van der Waals surface area contributed by atoms with Crippen LogP contribution in [-0.4, -0.2) is 12.4 Å². The summed E-state index contributed by atoms with van der Waals surface area (Å²) < 4.78 is 5.53. The smallest absolute Gasteiger partial charge is 0.160 e. The van der Waals surface area contributed by atoms with E-state index in [1.165, 1.54) is 0 Å². The van der Waals surface area contributed by atoms with E-state index in [1.54, 1.807) is 6.92 Å². The number of rotatable bonds is 4. The topological polar surface area (TPSA) is 26.3 Å². The number of carbonyl (C=O) groups excluding carboxylic acids is 1. The molecule has 0 N–H and O–H groups in total. The van der Waals surface area contributed by atoms with Gasteiger partial charge in [-0.25, -0.2) is 0 Å². The summed E-state index contributed by atoms with van der Waals surface area (Å²) in [7, 11) is 0. The van der Waals surface area contributed by atoms with Crippen LogP contribution >= 0.6 is 0 Å². The summed E-state index contributed by atoms with van der Waals surface area (Å²) in [5, 5.41) is 0. The highest BCUT2D eigenvalue weighted by Gasteiger charge is 2.09. The van der Waals surface area contributed by atoms with Crippen molar-refractivity contribution in [2.75, 3.05) is 6.61 Å². The molecule has 1 rings (SSSR count). The molecule has 0 unspecified atom stereocenters. The standard InChI is InChI=1S/C13H18O2/c1-5-11-8-12(10(4)14)9(3)7-13(11)15-6-2/h7-8H,5-6H2,1-4H3. The van der Waals surface area contributed by atoms with Crippen LogP contribution in [0.3, 0.4) is 0 Å². The number of carbonyl (C=O) groups is 1. The lowest BCUT2D eigenvalue weighted by molar-refractivity contribution is 0.101. The Labute approximate surface area is 91.3 Å². The van der Waals surface area contributed by atoms with Crippen molar-refractivity contribution in [1.82, 2.24) is 0 Å². The zero-order valence-corrected chi connectivity index (χ0v) is 9.89. The predicted molar refractivity (Wildman–Crippen MR) is 61.7 cm³/mol. The van der Waals surface area contributed by atoms with Crippen LogP contribution < -0.4 is 4.74 Å². The van der Waals surface area contributed by atoms with Crippen LogP contribution in [0.4, 0.5) is 0 Å². The second-order valence-electron chi connectivity index (χ2n) is 3.62. The Balaban J connectivity index is 3.22. The highest BCUT2D eigenvalue weighted by Crippen LogP contribution is 2.24. The van der Waals surface area contributed by atoms with Crippen molar-refractivity contribution in [3.63, 3.8) is 0 Å². The summed E-state index contributed by atoms with van der Waals surface area (Å²) in [5.74, 6) is 1.02. The average Bonchev–Trinajstić information content (AvgIpc) is 2.18. The third-order valence-electron chi connectivity index (χ3n) is 2.47. The predicted octanol–water partition coefficient (Wildman–Crippen LogP) is 3.16. The molecular weight excluding hydrogens is 188 g/mol. The lowest BCUT2D eigenvalue weighted by Gasteiger charge is -2.12. The third-order valence-corrected chi connectivity index (χ3v) is 2.47. The van der Waals surface area contributed by atoms with Gasteiger partial charge in [-0.05, 0) is 50.5 Å². The van der Waals surface area contributed by atoms with Crippen LogP contribution in [0, 0.1) is 6.92 Å². The van der Waals surface area contributed by atoms with E-state index in [1.807, 2.05) is 26.0 Å². The molecule has 82 valence electrons. The molecule has 0 spiro atoms. The first-order valence-corrected chi connectivity index (χ1v) is 5.37. The number of ether oxygens (including phenoxy) is 1. The van der Waals surface area contributed by atoms with Crippen molar-refractivity contribution in [3.8, 4) is 5.75 Å². The van der Waals surface area contributed by atoms with E-state index in [2.05, 4.69) is 6.92 Å². The summed E-state index contributed by atoms with van der Waals surface area (Å²) in [4.78, 5) is 11.4. The molecule has 0 heterocycles. The van der Waals surface area contributed by atoms with E-state index >= 15 is 0 Å². The van der Waals surface area contributed by atoms with Gasteiger partial charge in [0.2, 0.25) is 0 Å². The van der Waals surface area contributed by atoms with Gasteiger partial charge >= 0.3 is 0 Å². The molecule has 0 saturated carbocycles. The van der Waals surface area contributed by atoms with Crippen LogP contribution in [0.5, 0.6) is 5.75 Å². The van der Waals surface area contributed by atoms with Gasteiger partial charge in [0.05, 0.1) is 6.61 Å². The van der Waals surface area contributed by atoms with Crippen molar-refractivity contribution in [3.05, 3.63) is 28.8 Å². The van der Waals surface area contributed by atoms with E-state index in [-0.39, 0.29) is 5.78 Å². The first-order valence-electron chi connectivity index (χ1n) is 5.37. The number of aryl methyl sites for hydroxylation is 2. The van der Waals surface area contributed by atoms with Crippen molar-refractivity contribution in [1.29, 1.82) is 0 Å². The Morgan fingerprint density at radius 2 is 2.00 bits per heavy atom. The summed E-state index contributed by atoms with van der Waals surface area (Å²) >= 11 is 0. The molecule has 0 aliphatic heterocycles. The zero-order valence-electron chi connectivity index (χ0n) is 9.89. The van der Waals surface area contributed by atoms with E-state index < -0.39 is 0 Å². The summed E-state index contributed by atoms with van der Waals surface area (Å²) in [6, 6.07) is 3.90. The molecule has 0 saturated heterocycles. The van der Waals surface area contributed by atoms with Gasteiger partial charge in [0.15, 0.2) is 5.78 Å². The van der Waals surface area contributed by atoms with Gasteiger partial charge in [0.25, 0.3) is 0 Å². The normalized spacial score (nSPS) is 10.1. The van der Waals surface area contributed by atoms with Gasteiger partial charge < -0.3 is 4.74 Å². The molecule has 0 bridgehead atoms. The minimum absolute atomic E-state index is 0.116. The fourth-order valence-electron chi connectivity index (χ4n) is 1.67. The van der Waals surface area contributed by atoms with Gasteiger partial charge in [0, 0.05) is 5.56 Å². The minimum Gasteiger partial charge on any atom is -0.494 e. The summed E-state index contributed by atoms with van der Waals surface area (Å²) in [5.41, 5.74) is 2.89. The molecule has 1 aromatic rings. The number of hydrogen-bond donors (Lipinski definition) is 0. The fourth-order valence-corrected chi connectivity index (χ4v) is 1.67. The fraction of sp³-hybridized carbons (Fsp3) is 0.462. The molecule has 1 aromatic carbocycles. The number of hydrogen-bond acceptors (Lipinski definition) is 2. The van der Waals surface area contributed by atoms with Gasteiger partial charge in [0.1, 0.15) is 5.75 Å². The lowest BCUT2D eigenvalue weighted by atomic mass is 10.00. The molecule has 0 aromatic heterocycles. The molecule has 0 radical (unpaired) electrons.